The number of hydrogen-bond acceptors (Lipinski definition) is 5. The SMILES string of the molecule is CC(C)(C)OC(=O)N/C=C/C1N(c2ccc(O)cc2)c2ccc(O)cc2C1(C)C. The zero-order valence-electron chi connectivity index (χ0n) is 17.4. The Morgan fingerprint density at radius 2 is 1.72 bits per heavy atom. The Hall–Kier alpha value is -3.15. The molecule has 0 spiro atoms. The number of carbonyl (C=O) groups is 1. The predicted molar refractivity (Wildman–Crippen MR) is 114 cm³/mol. The Kier molecular flexibility index (Phi) is 5.22. The molecule has 0 fully saturated rings. The van der Waals surface area contributed by atoms with Crippen LogP contribution in [0, 0.1) is 0 Å². The Morgan fingerprint density at radius 3 is 2.34 bits per heavy atom. The quantitative estimate of drug-likeness (QED) is 0.685. The molecule has 0 aliphatic carbocycles. The van der Waals surface area contributed by atoms with Crippen LogP contribution >= 0.6 is 0 Å². The number of fused-ring (bicyclic) bond motifs is 1. The number of benzene rings is 2. The van der Waals surface area contributed by atoms with E-state index in [4.69, 9.17) is 4.74 Å². The lowest BCUT2D eigenvalue weighted by molar-refractivity contribution is 0.0552. The lowest BCUT2D eigenvalue weighted by Gasteiger charge is -2.32. The molecule has 1 aliphatic heterocycles. The highest BCUT2D eigenvalue weighted by Gasteiger charge is 2.44. The van der Waals surface area contributed by atoms with Crippen molar-refractivity contribution in [1.82, 2.24) is 5.32 Å². The van der Waals surface area contributed by atoms with Crippen LogP contribution in [0.15, 0.2) is 54.7 Å². The molecule has 29 heavy (non-hydrogen) atoms. The Balaban J connectivity index is 1.95. The van der Waals surface area contributed by atoms with E-state index >= 15 is 0 Å². The zero-order chi connectivity index (χ0) is 21.4. The van der Waals surface area contributed by atoms with Gasteiger partial charge in [0.15, 0.2) is 0 Å². The van der Waals surface area contributed by atoms with Gasteiger partial charge in [0.2, 0.25) is 0 Å². The van der Waals surface area contributed by atoms with Crippen LogP contribution in [-0.2, 0) is 10.2 Å². The molecule has 154 valence electrons. The van der Waals surface area contributed by atoms with Gasteiger partial charge in [0.05, 0.1) is 6.04 Å². The fourth-order valence-corrected chi connectivity index (χ4v) is 3.64. The molecule has 1 unspecified atom stereocenters. The standard InChI is InChI=1S/C23H28N2O4/c1-22(2,3)29-21(28)24-13-12-20-23(4,5)18-14-17(27)10-11-19(18)25(20)15-6-8-16(26)9-7-15/h6-14,20,26-27H,1-5H3,(H,24,28)/b13-12+. The van der Waals surface area contributed by atoms with Crippen molar-refractivity contribution in [2.24, 2.45) is 0 Å². The molecule has 1 amide bonds. The molecule has 0 saturated heterocycles. The number of carbonyl (C=O) groups excluding carboxylic acids is 1. The maximum Gasteiger partial charge on any atom is 0.411 e. The molecule has 2 aromatic rings. The second-order valence-corrected chi connectivity index (χ2v) is 8.76. The number of anilines is 2. The van der Waals surface area contributed by atoms with Crippen molar-refractivity contribution < 1.29 is 19.7 Å². The molecular weight excluding hydrogens is 368 g/mol. The van der Waals surface area contributed by atoms with Gasteiger partial charge >= 0.3 is 6.09 Å². The largest absolute Gasteiger partial charge is 0.508 e. The molecule has 0 bridgehead atoms. The first-order chi connectivity index (χ1) is 13.5. The van der Waals surface area contributed by atoms with E-state index in [1.807, 2.05) is 45.0 Å². The number of phenols is 2. The number of nitrogens with one attached hydrogen (secondary N) is 1. The van der Waals surface area contributed by atoms with E-state index in [0.717, 1.165) is 16.9 Å². The van der Waals surface area contributed by atoms with Gasteiger partial charge < -0.3 is 19.8 Å². The average molecular weight is 396 g/mol. The van der Waals surface area contributed by atoms with Gasteiger partial charge in [0.1, 0.15) is 17.1 Å². The fourth-order valence-electron chi connectivity index (χ4n) is 3.64. The topological polar surface area (TPSA) is 82.0 Å². The van der Waals surface area contributed by atoms with Crippen molar-refractivity contribution in [2.45, 2.75) is 51.7 Å². The molecule has 0 radical (unpaired) electrons. The monoisotopic (exact) mass is 396 g/mol. The molecule has 3 N–H and O–H groups in total. The maximum absolute atomic E-state index is 12.0. The summed E-state index contributed by atoms with van der Waals surface area (Å²) < 4.78 is 5.28. The number of rotatable bonds is 3. The van der Waals surface area contributed by atoms with Gasteiger partial charge in [-0.2, -0.15) is 0 Å². The van der Waals surface area contributed by atoms with Gasteiger partial charge in [-0.3, -0.25) is 5.32 Å². The minimum Gasteiger partial charge on any atom is -0.508 e. The van der Waals surface area contributed by atoms with Gasteiger partial charge in [0.25, 0.3) is 0 Å². The summed E-state index contributed by atoms with van der Waals surface area (Å²) in [4.78, 5) is 14.1. The van der Waals surface area contributed by atoms with Crippen molar-refractivity contribution in [3.8, 4) is 11.5 Å². The van der Waals surface area contributed by atoms with E-state index in [-0.39, 0.29) is 23.0 Å². The first kappa shape index (κ1) is 20.6. The van der Waals surface area contributed by atoms with Crippen molar-refractivity contribution in [3.05, 3.63) is 60.3 Å². The van der Waals surface area contributed by atoms with Crippen molar-refractivity contribution in [1.29, 1.82) is 0 Å². The normalized spacial score (nSPS) is 18.0. The summed E-state index contributed by atoms with van der Waals surface area (Å²) >= 11 is 0. The van der Waals surface area contributed by atoms with Crippen molar-refractivity contribution >= 4 is 17.5 Å². The lowest BCUT2D eigenvalue weighted by Crippen LogP contribution is -2.38. The second kappa shape index (κ2) is 7.35. The molecule has 6 heteroatoms. The summed E-state index contributed by atoms with van der Waals surface area (Å²) in [5.41, 5.74) is 1.93. The number of nitrogens with zero attached hydrogens (tertiary/aromatic N) is 1. The molecule has 1 aliphatic rings. The summed E-state index contributed by atoms with van der Waals surface area (Å²) in [6, 6.07) is 12.1. The van der Waals surface area contributed by atoms with Gasteiger partial charge in [-0.25, -0.2) is 4.79 Å². The third-order valence-electron chi connectivity index (χ3n) is 4.96. The van der Waals surface area contributed by atoms with Crippen LogP contribution in [0.1, 0.15) is 40.2 Å². The summed E-state index contributed by atoms with van der Waals surface area (Å²) in [7, 11) is 0. The van der Waals surface area contributed by atoms with E-state index in [2.05, 4.69) is 24.1 Å². The van der Waals surface area contributed by atoms with Crippen LogP contribution in [0.2, 0.25) is 0 Å². The van der Waals surface area contributed by atoms with Crippen molar-refractivity contribution in [2.75, 3.05) is 4.90 Å². The molecule has 0 saturated carbocycles. The Labute approximate surface area is 171 Å². The van der Waals surface area contributed by atoms with E-state index < -0.39 is 11.7 Å². The minimum absolute atomic E-state index is 0.140. The average Bonchev–Trinajstić information content (AvgIpc) is 2.82. The van der Waals surface area contributed by atoms with Crippen molar-refractivity contribution in [3.63, 3.8) is 0 Å². The summed E-state index contributed by atoms with van der Waals surface area (Å²) in [5.74, 6) is 0.399. The van der Waals surface area contributed by atoms with Gasteiger partial charge in [-0.1, -0.05) is 13.8 Å². The van der Waals surface area contributed by atoms with E-state index in [1.165, 1.54) is 0 Å². The van der Waals surface area contributed by atoms with Crippen LogP contribution in [0.5, 0.6) is 11.5 Å². The third-order valence-corrected chi connectivity index (χ3v) is 4.96. The molecule has 3 rings (SSSR count). The number of hydrogen-bond donors (Lipinski definition) is 3. The van der Waals surface area contributed by atoms with Crippen LogP contribution in [0.4, 0.5) is 16.2 Å². The highest BCUT2D eigenvalue weighted by Crippen LogP contribution is 2.50. The fraction of sp³-hybridized carbons (Fsp3) is 0.348. The predicted octanol–water partition coefficient (Wildman–Crippen LogP) is 4.93. The van der Waals surface area contributed by atoms with Crippen LogP contribution in [0.25, 0.3) is 0 Å². The molecular formula is C23H28N2O4. The van der Waals surface area contributed by atoms with Gasteiger partial charge in [0, 0.05) is 23.0 Å². The van der Waals surface area contributed by atoms with Gasteiger partial charge in [-0.15, -0.1) is 0 Å². The molecule has 0 aromatic heterocycles. The van der Waals surface area contributed by atoms with E-state index in [0.29, 0.717) is 0 Å². The van der Waals surface area contributed by atoms with Crippen LogP contribution < -0.4 is 10.2 Å². The minimum atomic E-state index is -0.573. The number of phenolic OH excluding ortho intramolecular Hbond substituents is 2. The summed E-state index contributed by atoms with van der Waals surface area (Å²) in [5, 5.41) is 22.4. The molecule has 1 heterocycles. The third kappa shape index (κ3) is 4.31. The van der Waals surface area contributed by atoms with Gasteiger partial charge in [-0.05, 0) is 74.9 Å². The van der Waals surface area contributed by atoms with E-state index in [9.17, 15) is 15.0 Å². The zero-order valence-corrected chi connectivity index (χ0v) is 17.4. The summed E-state index contributed by atoms with van der Waals surface area (Å²) in [6.07, 6.45) is 2.99. The number of alkyl carbamates (subject to hydrolysis) is 1. The smallest absolute Gasteiger partial charge is 0.411 e. The second-order valence-electron chi connectivity index (χ2n) is 8.76. The lowest BCUT2D eigenvalue weighted by atomic mass is 9.80. The highest BCUT2D eigenvalue weighted by atomic mass is 16.6. The molecule has 1 atom stereocenters. The maximum atomic E-state index is 12.0. The van der Waals surface area contributed by atoms with Crippen LogP contribution in [0.3, 0.4) is 0 Å². The summed E-state index contributed by atoms with van der Waals surface area (Å²) in [6.45, 7) is 9.62. The van der Waals surface area contributed by atoms with Crippen LogP contribution in [-0.4, -0.2) is 27.9 Å². The Morgan fingerprint density at radius 1 is 1.10 bits per heavy atom. The number of ether oxygens (including phenoxy) is 1. The first-order valence-corrected chi connectivity index (χ1v) is 9.57. The highest BCUT2D eigenvalue weighted by molar-refractivity contribution is 5.76. The van der Waals surface area contributed by atoms with E-state index in [1.54, 1.807) is 30.5 Å². The Bertz CT molecular complexity index is 927. The molecule has 2 aromatic carbocycles. The number of aromatic hydroxyl groups is 2. The first-order valence-electron chi connectivity index (χ1n) is 9.57. The molecule has 6 nitrogen and oxygen atoms in total. The number of amides is 1.